The van der Waals surface area contributed by atoms with Crippen LogP contribution in [0.3, 0.4) is 0 Å². The predicted molar refractivity (Wildman–Crippen MR) is 113 cm³/mol. The summed E-state index contributed by atoms with van der Waals surface area (Å²) in [7, 11) is 2.13. The molecule has 0 bridgehead atoms. The third kappa shape index (κ3) is 4.96. The van der Waals surface area contributed by atoms with Gasteiger partial charge < -0.3 is 19.5 Å². The predicted octanol–water partition coefficient (Wildman–Crippen LogP) is 1.54. The number of fused-ring (bicyclic) bond motifs is 1. The van der Waals surface area contributed by atoms with Gasteiger partial charge in [0.05, 0.1) is 6.26 Å². The molecular weight excluding hydrogens is 382 g/mol. The SMILES string of the molecule is C[C@H](CCc1ccco1)NC(=O)CCc1nnc2ccc(N3CCN(C)CC3)nn12. The summed E-state index contributed by atoms with van der Waals surface area (Å²) in [6.45, 7) is 5.95. The van der Waals surface area contributed by atoms with Gasteiger partial charge in [0, 0.05) is 51.5 Å². The number of hydrogen-bond acceptors (Lipinski definition) is 7. The molecule has 0 aromatic carbocycles. The van der Waals surface area contributed by atoms with E-state index in [4.69, 9.17) is 9.52 Å². The first kappa shape index (κ1) is 20.3. The quantitative estimate of drug-likeness (QED) is 0.601. The second-order valence-electron chi connectivity index (χ2n) is 7.95. The molecule has 1 aliphatic rings. The summed E-state index contributed by atoms with van der Waals surface area (Å²) in [5.74, 6) is 2.58. The van der Waals surface area contributed by atoms with Crippen LogP contribution in [-0.4, -0.2) is 69.9 Å². The number of likely N-dealkylation sites (N-methyl/N-ethyl adjacent to an activating group) is 1. The van der Waals surface area contributed by atoms with E-state index in [1.54, 1.807) is 10.8 Å². The maximum atomic E-state index is 12.4. The molecule has 1 fully saturated rings. The first-order chi connectivity index (χ1) is 14.6. The Balaban J connectivity index is 1.32. The van der Waals surface area contributed by atoms with Crippen molar-refractivity contribution in [2.45, 2.75) is 38.6 Å². The minimum absolute atomic E-state index is 0.00826. The minimum atomic E-state index is 0.00826. The molecule has 3 aromatic rings. The number of nitrogens with zero attached hydrogens (tertiary/aromatic N) is 6. The van der Waals surface area contributed by atoms with Crippen molar-refractivity contribution < 1.29 is 9.21 Å². The van der Waals surface area contributed by atoms with Gasteiger partial charge in [-0.2, -0.15) is 4.52 Å². The lowest BCUT2D eigenvalue weighted by molar-refractivity contribution is -0.121. The van der Waals surface area contributed by atoms with E-state index < -0.39 is 0 Å². The molecule has 0 aliphatic carbocycles. The molecule has 9 nitrogen and oxygen atoms in total. The molecule has 4 heterocycles. The van der Waals surface area contributed by atoms with E-state index in [2.05, 4.69) is 32.4 Å². The van der Waals surface area contributed by atoms with E-state index in [0.29, 0.717) is 24.3 Å². The van der Waals surface area contributed by atoms with Crippen molar-refractivity contribution >= 4 is 17.4 Å². The van der Waals surface area contributed by atoms with Crippen LogP contribution in [0, 0.1) is 0 Å². The number of amides is 1. The Labute approximate surface area is 176 Å². The summed E-state index contributed by atoms with van der Waals surface area (Å²) in [6, 6.07) is 7.85. The van der Waals surface area contributed by atoms with Crippen molar-refractivity contribution in [3.63, 3.8) is 0 Å². The van der Waals surface area contributed by atoms with Crippen molar-refractivity contribution in [1.29, 1.82) is 0 Å². The highest BCUT2D eigenvalue weighted by Gasteiger charge is 2.17. The number of furan rings is 1. The fraction of sp³-hybridized carbons (Fsp3) is 0.524. The summed E-state index contributed by atoms with van der Waals surface area (Å²) in [5, 5.41) is 16.2. The zero-order valence-electron chi connectivity index (χ0n) is 17.6. The Hall–Kier alpha value is -2.94. The minimum Gasteiger partial charge on any atom is -0.469 e. The summed E-state index contributed by atoms with van der Waals surface area (Å²) in [6.07, 6.45) is 4.17. The number of rotatable bonds is 8. The molecule has 0 radical (unpaired) electrons. The maximum Gasteiger partial charge on any atom is 0.220 e. The van der Waals surface area contributed by atoms with Gasteiger partial charge in [-0.15, -0.1) is 15.3 Å². The van der Waals surface area contributed by atoms with Gasteiger partial charge in [-0.3, -0.25) is 4.79 Å². The molecule has 0 spiro atoms. The van der Waals surface area contributed by atoms with E-state index in [1.165, 1.54) is 0 Å². The smallest absolute Gasteiger partial charge is 0.220 e. The first-order valence-electron chi connectivity index (χ1n) is 10.5. The number of anilines is 1. The van der Waals surface area contributed by atoms with Crippen LogP contribution in [0.15, 0.2) is 34.9 Å². The van der Waals surface area contributed by atoms with Crippen LogP contribution in [0.2, 0.25) is 0 Å². The standard InChI is InChI=1S/C21H29N7O2/c1-16(5-6-17-4-3-15-30-17)22-21(29)10-9-19-24-23-18-7-8-20(25-28(18)19)27-13-11-26(2)12-14-27/h3-4,7-8,15-16H,5-6,9-14H2,1-2H3,(H,22,29)/t16-/m1/s1. The number of carbonyl (C=O) groups excluding carboxylic acids is 1. The van der Waals surface area contributed by atoms with Gasteiger partial charge >= 0.3 is 0 Å². The third-order valence-corrected chi connectivity index (χ3v) is 5.53. The molecule has 160 valence electrons. The molecule has 1 N–H and O–H groups in total. The molecule has 4 rings (SSSR count). The van der Waals surface area contributed by atoms with E-state index in [1.807, 2.05) is 31.2 Å². The normalized spacial score (nSPS) is 16.1. The highest BCUT2D eigenvalue weighted by atomic mass is 16.3. The average Bonchev–Trinajstić information content (AvgIpc) is 3.41. The fourth-order valence-electron chi connectivity index (χ4n) is 3.64. The highest BCUT2D eigenvalue weighted by Crippen LogP contribution is 2.15. The monoisotopic (exact) mass is 411 g/mol. The van der Waals surface area contributed by atoms with Crippen molar-refractivity contribution in [2.75, 3.05) is 38.1 Å². The molecule has 0 unspecified atom stereocenters. The average molecular weight is 412 g/mol. The zero-order valence-corrected chi connectivity index (χ0v) is 17.6. The second-order valence-corrected chi connectivity index (χ2v) is 7.95. The van der Waals surface area contributed by atoms with Crippen LogP contribution in [0.25, 0.3) is 5.65 Å². The van der Waals surface area contributed by atoms with Crippen molar-refractivity contribution in [2.24, 2.45) is 0 Å². The lowest BCUT2D eigenvalue weighted by Gasteiger charge is -2.33. The van der Waals surface area contributed by atoms with Gasteiger partial charge in [0.1, 0.15) is 11.6 Å². The van der Waals surface area contributed by atoms with Gasteiger partial charge in [0.2, 0.25) is 5.91 Å². The Kier molecular flexibility index (Phi) is 6.27. The Bertz CT molecular complexity index is 961. The van der Waals surface area contributed by atoms with Gasteiger partial charge in [-0.05, 0) is 44.7 Å². The molecule has 30 heavy (non-hydrogen) atoms. The molecule has 1 atom stereocenters. The van der Waals surface area contributed by atoms with E-state index in [0.717, 1.165) is 50.6 Å². The summed E-state index contributed by atoms with van der Waals surface area (Å²) >= 11 is 0. The Morgan fingerprint density at radius 3 is 2.77 bits per heavy atom. The number of aromatic nitrogens is 4. The van der Waals surface area contributed by atoms with Crippen molar-refractivity contribution in [1.82, 2.24) is 30.0 Å². The molecule has 0 saturated carbocycles. The summed E-state index contributed by atoms with van der Waals surface area (Å²) in [4.78, 5) is 17.0. The largest absolute Gasteiger partial charge is 0.469 e. The van der Waals surface area contributed by atoms with E-state index >= 15 is 0 Å². The number of nitrogens with one attached hydrogen (secondary N) is 1. The lowest BCUT2D eigenvalue weighted by Crippen LogP contribution is -2.45. The van der Waals surface area contributed by atoms with E-state index in [9.17, 15) is 4.79 Å². The van der Waals surface area contributed by atoms with Crippen LogP contribution in [-0.2, 0) is 17.6 Å². The molecule has 9 heteroatoms. The molecule has 3 aromatic heterocycles. The van der Waals surface area contributed by atoms with Crippen LogP contribution < -0.4 is 10.2 Å². The first-order valence-corrected chi connectivity index (χ1v) is 10.5. The van der Waals surface area contributed by atoms with E-state index in [-0.39, 0.29) is 11.9 Å². The summed E-state index contributed by atoms with van der Waals surface area (Å²) in [5.41, 5.74) is 0.704. The second kappa shape index (κ2) is 9.25. The molecule has 1 saturated heterocycles. The van der Waals surface area contributed by atoms with Gasteiger partial charge in [0.25, 0.3) is 0 Å². The number of piperazine rings is 1. The number of hydrogen-bond donors (Lipinski definition) is 1. The lowest BCUT2D eigenvalue weighted by atomic mass is 10.1. The highest BCUT2D eigenvalue weighted by molar-refractivity contribution is 5.76. The summed E-state index contributed by atoms with van der Waals surface area (Å²) < 4.78 is 7.11. The number of carbonyl (C=O) groups is 1. The van der Waals surface area contributed by atoms with Crippen LogP contribution in [0.1, 0.15) is 31.4 Å². The fourth-order valence-corrected chi connectivity index (χ4v) is 3.64. The maximum absolute atomic E-state index is 12.4. The van der Waals surface area contributed by atoms with Crippen LogP contribution in [0.4, 0.5) is 5.82 Å². The third-order valence-electron chi connectivity index (χ3n) is 5.53. The van der Waals surface area contributed by atoms with Crippen molar-refractivity contribution in [3.8, 4) is 0 Å². The molecule has 1 amide bonds. The van der Waals surface area contributed by atoms with Crippen LogP contribution >= 0.6 is 0 Å². The molecule has 1 aliphatic heterocycles. The van der Waals surface area contributed by atoms with Crippen molar-refractivity contribution in [3.05, 3.63) is 42.1 Å². The molecular formula is C21H29N7O2. The zero-order chi connectivity index (χ0) is 20.9. The van der Waals surface area contributed by atoms with Crippen LogP contribution in [0.5, 0.6) is 0 Å². The topological polar surface area (TPSA) is 91.8 Å². The Morgan fingerprint density at radius 2 is 2.00 bits per heavy atom. The van der Waals surface area contributed by atoms with Gasteiger partial charge in [-0.25, -0.2) is 0 Å². The Morgan fingerprint density at radius 1 is 1.17 bits per heavy atom. The van der Waals surface area contributed by atoms with Gasteiger partial charge in [-0.1, -0.05) is 0 Å². The number of aryl methyl sites for hydroxylation is 2. The van der Waals surface area contributed by atoms with Gasteiger partial charge in [0.15, 0.2) is 11.5 Å².